The van der Waals surface area contributed by atoms with Crippen LogP contribution in [0.5, 0.6) is 0 Å². The molecular formula is C17H16N2O5S. The van der Waals surface area contributed by atoms with Crippen LogP contribution in [0.15, 0.2) is 68.3 Å². The molecule has 0 aliphatic heterocycles. The molecule has 1 aromatic heterocycles. The minimum Gasteiger partial charge on any atom is -0.511 e. The monoisotopic (exact) mass is 360 g/mol. The molecule has 0 radical (unpaired) electrons. The van der Waals surface area contributed by atoms with Crippen molar-refractivity contribution in [3.63, 3.8) is 0 Å². The number of nitrogens with two attached hydrogens (primary N) is 1. The Morgan fingerprint density at radius 3 is 2.48 bits per heavy atom. The summed E-state index contributed by atoms with van der Waals surface area (Å²) in [7, 11) is -3.76. The van der Waals surface area contributed by atoms with Gasteiger partial charge in [-0.2, -0.15) is 0 Å². The maximum absolute atomic E-state index is 12.3. The van der Waals surface area contributed by atoms with E-state index in [9.17, 15) is 18.3 Å². The second-order valence-electron chi connectivity index (χ2n) is 5.70. The Hall–Kier alpha value is -2.71. The van der Waals surface area contributed by atoms with Gasteiger partial charge < -0.3 is 9.52 Å². The van der Waals surface area contributed by atoms with E-state index in [0.717, 1.165) is 0 Å². The van der Waals surface area contributed by atoms with Crippen LogP contribution in [0.3, 0.4) is 0 Å². The molecule has 0 spiro atoms. The number of ketones is 1. The maximum atomic E-state index is 12.3. The fourth-order valence-corrected chi connectivity index (χ4v) is 3.16. The summed E-state index contributed by atoms with van der Waals surface area (Å²) in [6.07, 6.45) is 3.35. The molecular weight excluding hydrogens is 344 g/mol. The summed E-state index contributed by atoms with van der Waals surface area (Å²) in [6, 6.07) is 9.09. The summed E-state index contributed by atoms with van der Waals surface area (Å²) < 4.78 is 27.7. The molecule has 0 fully saturated rings. The van der Waals surface area contributed by atoms with Crippen molar-refractivity contribution in [1.29, 1.82) is 0 Å². The minimum atomic E-state index is -3.76. The van der Waals surface area contributed by atoms with Crippen molar-refractivity contribution < 1.29 is 22.7 Å². The first-order valence-electron chi connectivity index (χ1n) is 7.50. The molecule has 1 aliphatic carbocycles. The Kier molecular flexibility index (Phi) is 4.56. The van der Waals surface area contributed by atoms with Gasteiger partial charge in [0.2, 0.25) is 10.0 Å². The third kappa shape index (κ3) is 3.86. The maximum Gasteiger partial charge on any atom is 0.238 e. The Morgan fingerprint density at radius 1 is 1.20 bits per heavy atom. The third-order valence-corrected chi connectivity index (χ3v) is 4.87. The number of benzene rings is 1. The highest BCUT2D eigenvalue weighted by molar-refractivity contribution is 7.89. The van der Waals surface area contributed by atoms with Crippen LogP contribution in [-0.4, -0.2) is 25.5 Å². The van der Waals surface area contributed by atoms with Gasteiger partial charge in [-0.05, 0) is 36.4 Å². The van der Waals surface area contributed by atoms with Gasteiger partial charge in [0.05, 0.1) is 22.4 Å². The highest BCUT2D eigenvalue weighted by atomic mass is 32.2. The van der Waals surface area contributed by atoms with Crippen LogP contribution in [0.25, 0.3) is 0 Å². The lowest BCUT2D eigenvalue weighted by atomic mass is 9.86. The van der Waals surface area contributed by atoms with Crippen LogP contribution in [-0.2, 0) is 14.8 Å². The zero-order valence-electron chi connectivity index (χ0n) is 13.1. The third-order valence-electron chi connectivity index (χ3n) is 3.94. The fraction of sp³-hybridized carbons (Fsp3) is 0.176. The average molecular weight is 360 g/mol. The first-order chi connectivity index (χ1) is 11.8. The average Bonchev–Trinajstić information content (AvgIpc) is 3.08. The first kappa shape index (κ1) is 17.1. The van der Waals surface area contributed by atoms with Gasteiger partial charge in [0, 0.05) is 25.0 Å². The summed E-state index contributed by atoms with van der Waals surface area (Å²) in [5.74, 6) is 0.209. The van der Waals surface area contributed by atoms with Gasteiger partial charge in [-0.1, -0.05) is 0 Å². The molecule has 1 heterocycles. The molecule has 1 aliphatic rings. The number of rotatable bonds is 4. The number of furan rings is 1. The number of hydrogen-bond donors (Lipinski definition) is 2. The van der Waals surface area contributed by atoms with E-state index in [1.54, 1.807) is 12.1 Å². The molecule has 7 nitrogen and oxygen atoms in total. The molecule has 130 valence electrons. The largest absolute Gasteiger partial charge is 0.511 e. The number of primary sulfonamides is 1. The fourth-order valence-electron chi connectivity index (χ4n) is 2.64. The lowest BCUT2D eigenvalue weighted by Gasteiger charge is -2.20. The zero-order chi connectivity index (χ0) is 18.0. The zero-order valence-corrected chi connectivity index (χ0v) is 13.9. The van der Waals surface area contributed by atoms with E-state index in [2.05, 4.69) is 4.99 Å². The molecule has 1 unspecified atom stereocenters. The summed E-state index contributed by atoms with van der Waals surface area (Å²) in [4.78, 5) is 16.4. The van der Waals surface area contributed by atoms with Crippen LogP contribution in [0.1, 0.15) is 24.5 Å². The van der Waals surface area contributed by atoms with Gasteiger partial charge in [-0.15, -0.1) is 0 Å². The number of nitrogens with zero attached hydrogens (tertiary/aromatic N) is 1. The van der Waals surface area contributed by atoms with E-state index in [-0.39, 0.29) is 34.3 Å². The summed E-state index contributed by atoms with van der Waals surface area (Å²) in [5, 5.41) is 15.2. The van der Waals surface area contributed by atoms with E-state index in [0.29, 0.717) is 17.9 Å². The van der Waals surface area contributed by atoms with Gasteiger partial charge in [0.15, 0.2) is 5.78 Å². The quantitative estimate of drug-likeness (QED) is 0.811. The molecule has 0 saturated heterocycles. The molecule has 0 amide bonds. The molecule has 25 heavy (non-hydrogen) atoms. The van der Waals surface area contributed by atoms with E-state index >= 15 is 0 Å². The lowest BCUT2D eigenvalue weighted by Crippen LogP contribution is -2.18. The van der Waals surface area contributed by atoms with Gasteiger partial charge in [0.25, 0.3) is 0 Å². The van der Waals surface area contributed by atoms with Crippen LogP contribution >= 0.6 is 0 Å². The summed E-state index contributed by atoms with van der Waals surface area (Å²) >= 11 is 0. The molecule has 8 heteroatoms. The Morgan fingerprint density at radius 2 is 1.92 bits per heavy atom. The van der Waals surface area contributed by atoms with Gasteiger partial charge in [-0.3, -0.25) is 9.79 Å². The van der Waals surface area contributed by atoms with Gasteiger partial charge in [0.1, 0.15) is 11.5 Å². The normalized spacial score (nSPS) is 18.9. The molecule has 2 aromatic rings. The van der Waals surface area contributed by atoms with Crippen molar-refractivity contribution >= 4 is 27.7 Å². The van der Waals surface area contributed by atoms with Crippen molar-refractivity contribution in [3.8, 4) is 0 Å². The van der Waals surface area contributed by atoms with Crippen molar-refractivity contribution in [1.82, 2.24) is 0 Å². The Bertz CT molecular complexity index is 941. The number of carbonyl (C=O) groups is 1. The molecule has 3 rings (SSSR count). The number of hydrogen-bond acceptors (Lipinski definition) is 6. The summed E-state index contributed by atoms with van der Waals surface area (Å²) in [5.41, 5.74) is 0.590. The van der Waals surface area contributed by atoms with Crippen molar-refractivity contribution in [2.75, 3.05) is 0 Å². The van der Waals surface area contributed by atoms with Crippen LogP contribution in [0.4, 0.5) is 5.69 Å². The lowest BCUT2D eigenvalue weighted by molar-refractivity contribution is -0.116. The van der Waals surface area contributed by atoms with Gasteiger partial charge in [-0.25, -0.2) is 13.6 Å². The molecule has 1 atom stereocenters. The van der Waals surface area contributed by atoms with Gasteiger partial charge >= 0.3 is 0 Å². The standard InChI is InChI=1S/C17H16N2O5S/c18-25(22,23)13-5-3-12(4-6-13)19-10-14-15(20)8-11(9-16(14)21)17-2-1-7-24-17/h1-7,10-11,20H,8-9H2,(H2,18,22,23). The minimum absolute atomic E-state index is 0.0245. The van der Waals surface area contributed by atoms with Crippen molar-refractivity contribution in [2.24, 2.45) is 10.1 Å². The predicted octanol–water partition coefficient (Wildman–Crippen LogP) is 2.59. The number of aliphatic imine (C=N–C) groups is 1. The first-order valence-corrected chi connectivity index (χ1v) is 9.05. The van der Waals surface area contributed by atoms with E-state index in [4.69, 9.17) is 9.56 Å². The van der Waals surface area contributed by atoms with Crippen LogP contribution in [0.2, 0.25) is 0 Å². The van der Waals surface area contributed by atoms with E-state index in [1.807, 2.05) is 0 Å². The van der Waals surface area contributed by atoms with E-state index in [1.165, 1.54) is 36.7 Å². The SMILES string of the molecule is NS(=O)(=O)c1ccc(N=CC2=C(O)CC(c3ccco3)CC2=O)cc1. The Balaban J connectivity index is 1.78. The summed E-state index contributed by atoms with van der Waals surface area (Å²) in [6.45, 7) is 0. The number of sulfonamides is 1. The molecule has 3 N–H and O–H groups in total. The predicted molar refractivity (Wildman–Crippen MR) is 91.3 cm³/mol. The second kappa shape index (κ2) is 6.66. The molecule has 0 bridgehead atoms. The number of carbonyl (C=O) groups excluding carboxylic acids is 1. The number of aliphatic hydroxyl groups is 1. The number of aliphatic hydroxyl groups excluding tert-OH is 1. The van der Waals surface area contributed by atoms with E-state index < -0.39 is 10.0 Å². The number of allylic oxidation sites excluding steroid dienone is 2. The highest BCUT2D eigenvalue weighted by Crippen LogP contribution is 2.33. The van der Waals surface area contributed by atoms with Crippen LogP contribution in [0, 0.1) is 0 Å². The number of Topliss-reactive ketones (excluding diaryl/α,β-unsaturated/α-hetero) is 1. The molecule has 0 saturated carbocycles. The smallest absolute Gasteiger partial charge is 0.238 e. The van der Waals surface area contributed by atoms with Crippen molar-refractivity contribution in [2.45, 2.75) is 23.7 Å². The Labute approximate surface area is 144 Å². The highest BCUT2D eigenvalue weighted by Gasteiger charge is 2.29. The second-order valence-corrected chi connectivity index (χ2v) is 7.26. The topological polar surface area (TPSA) is 123 Å². The van der Waals surface area contributed by atoms with Crippen LogP contribution < -0.4 is 5.14 Å². The molecule has 1 aromatic carbocycles. The van der Waals surface area contributed by atoms with Crippen molar-refractivity contribution in [3.05, 3.63) is 59.8 Å².